The van der Waals surface area contributed by atoms with Gasteiger partial charge in [0.15, 0.2) is 11.6 Å². The smallest absolute Gasteiger partial charge is 0.187 e. The average Bonchev–Trinajstić information content (AvgIpc) is 2.74. The Balaban J connectivity index is 2.28. The van der Waals surface area contributed by atoms with Gasteiger partial charge in [-0.15, -0.1) is 0 Å². The first-order valence-corrected chi connectivity index (χ1v) is 5.67. The molecule has 16 heavy (non-hydrogen) atoms. The lowest BCUT2D eigenvalue weighted by Crippen LogP contribution is -2.13. The van der Waals surface area contributed by atoms with E-state index in [0.29, 0.717) is 0 Å². The van der Waals surface area contributed by atoms with Gasteiger partial charge in [-0.2, -0.15) is 0 Å². The fraction of sp³-hybridized carbons (Fsp3) is 0.455. The number of benzene rings is 1. The summed E-state index contributed by atoms with van der Waals surface area (Å²) in [4.78, 5) is 0. The Hall–Kier alpha value is -1.16. The third-order valence-corrected chi connectivity index (χ3v) is 3.19. The molecule has 0 spiro atoms. The van der Waals surface area contributed by atoms with E-state index in [2.05, 4.69) is 0 Å². The molecule has 0 aliphatic heterocycles. The van der Waals surface area contributed by atoms with E-state index in [1.807, 2.05) is 0 Å². The molecule has 0 bridgehead atoms. The van der Waals surface area contributed by atoms with Gasteiger partial charge >= 0.3 is 0 Å². The van der Waals surface area contributed by atoms with Gasteiger partial charge in [-0.1, -0.05) is 11.6 Å². The topological polar surface area (TPSA) is 61.3 Å². The van der Waals surface area contributed by atoms with Crippen LogP contribution in [0.1, 0.15) is 25.7 Å². The molecule has 0 radical (unpaired) electrons. The largest absolute Gasteiger partial charge is 0.485 e. The van der Waals surface area contributed by atoms with Crippen LogP contribution in [0.3, 0.4) is 0 Å². The second-order valence-electron chi connectivity index (χ2n) is 4.04. The Labute approximate surface area is 98.5 Å². The lowest BCUT2D eigenvalue weighted by Gasteiger charge is -2.16. The van der Waals surface area contributed by atoms with E-state index in [0.717, 1.165) is 25.7 Å². The third-order valence-electron chi connectivity index (χ3n) is 2.81. The van der Waals surface area contributed by atoms with Crippen molar-refractivity contribution < 1.29 is 9.13 Å². The zero-order chi connectivity index (χ0) is 11.7. The summed E-state index contributed by atoms with van der Waals surface area (Å²) in [5.41, 5.74) is 11.5. The number of hydrogen-bond acceptors (Lipinski definition) is 3. The standard InChI is InChI=1S/C11H14ClFN2O/c12-9-7(14)5-8(15)11(10(9)13)16-6-3-1-2-4-6/h5-6H,1-4,14-15H2. The molecular formula is C11H14ClFN2O. The third kappa shape index (κ3) is 2.02. The molecule has 0 unspecified atom stereocenters. The summed E-state index contributed by atoms with van der Waals surface area (Å²) >= 11 is 5.70. The van der Waals surface area contributed by atoms with Crippen molar-refractivity contribution in [2.24, 2.45) is 0 Å². The van der Waals surface area contributed by atoms with Gasteiger partial charge in [0.1, 0.15) is 5.02 Å². The molecule has 1 aromatic rings. The molecule has 0 heterocycles. The Morgan fingerprint density at radius 1 is 1.25 bits per heavy atom. The van der Waals surface area contributed by atoms with Gasteiger partial charge < -0.3 is 16.2 Å². The molecule has 4 N–H and O–H groups in total. The quantitative estimate of drug-likeness (QED) is 0.787. The summed E-state index contributed by atoms with van der Waals surface area (Å²) in [7, 11) is 0. The number of nitrogens with two attached hydrogens (primary N) is 2. The van der Waals surface area contributed by atoms with Gasteiger partial charge in [-0.05, 0) is 31.7 Å². The van der Waals surface area contributed by atoms with Crippen molar-refractivity contribution in [3.63, 3.8) is 0 Å². The van der Waals surface area contributed by atoms with Crippen LogP contribution >= 0.6 is 11.6 Å². The van der Waals surface area contributed by atoms with E-state index in [1.54, 1.807) is 0 Å². The summed E-state index contributed by atoms with van der Waals surface area (Å²) < 4.78 is 19.3. The molecular weight excluding hydrogens is 231 g/mol. The molecule has 1 aromatic carbocycles. The van der Waals surface area contributed by atoms with Crippen molar-refractivity contribution in [3.05, 3.63) is 16.9 Å². The molecule has 0 atom stereocenters. The lowest BCUT2D eigenvalue weighted by atomic mass is 10.2. The second kappa shape index (κ2) is 4.37. The Bertz CT molecular complexity index is 405. The van der Waals surface area contributed by atoms with Crippen LogP contribution in [0.25, 0.3) is 0 Å². The van der Waals surface area contributed by atoms with Crippen LogP contribution in [0.4, 0.5) is 15.8 Å². The monoisotopic (exact) mass is 244 g/mol. The highest BCUT2D eigenvalue weighted by Crippen LogP contribution is 2.37. The average molecular weight is 245 g/mol. The van der Waals surface area contributed by atoms with E-state index in [4.69, 9.17) is 27.8 Å². The van der Waals surface area contributed by atoms with Crippen molar-refractivity contribution in [2.45, 2.75) is 31.8 Å². The Morgan fingerprint density at radius 2 is 1.88 bits per heavy atom. The number of nitrogen functional groups attached to an aromatic ring is 2. The minimum Gasteiger partial charge on any atom is -0.485 e. The predicted molar refractivity (Wildman–Crippen MR) is 63.1 cm³/mol. The van der Waals surface area contributed by atoms with Gasteiger partial charge in [-0.25, -0.2) is 4.39 Å². The molecule has 0 saturated heterocycles. The molecule has 1 aliphatic carbocycles. The molecule has 3 nitrogen and oxygen atoms in total. The maximum Gasteiger partial charge on any atom is 0.187 e. The van der Waals surface area contributed by atoms with Crippen LogP contribution in [0.2, 0.25) is 5.02 Å². The van der Waals surface area contributed by atoms with Gasteiger partial charge in [0, 0.05) is 0 Å². The molecule has 0 amide bonds. The minimum absolute atomic E-state index is 0.0334. The minimum atomic E-state index is -0.661. The second-order valence-corrected chi connectivity index (χ2v) is 4.41. The summed E-state index contributed by atoms with van der Waals surface area (Å²) in [5, 5.41) is -0.123. The Morgan fingerprint density at radius 3 is 2.50 bits per heavy atom. The molecule has 88 valence electrons. The van der Waals surface area contributed by atoms with E-state index in [9.17, 15) is 4.39 Å². The van der Waals surface area contributed by atoms with E-state index in [-0.39, 0.29) is 28.3 Å². The number of halogens is 2. The zero-order valence-electron chi connectivity index (χ0n) is 8.80. The molecule has 1 fully saturated rings. The van der Waals surface area contributed by atoms with Gasteiger partial charge in [0.2, 0.25) is 0 Å². The molecule has 5 heteroatoms. The summed E-state index contributed by atoms with van der Waals surface area (Å²) in [6.45, 7) is 0. The van der Waals surface area contributed by atoms with E-state index in [1.165, 1.54) is 6.07 Å². The molecule has 0 aromatic heterocycles. The Kier molecular flexibility index (Phi) is 3.10. The van der Waals surface area contributed by atoms with Crippen molar-refractivity contribution in [1.82, 2.24) is 0 Å². The highest BCUT2D eigenvalue weighted by Gasteiger charge is 2.22. The van der Waals surface area contributed by atoms with Gasteiger partial charge in [-0.3, -0.25) is 0 Å². The molecule has 1 aliphatic rings. The molecule has 1 saturated carbocycles. The molecule has 2 rings (SSSR count). The van der Waals surface area contributed by atoms with Crippen molar-refractivity contribution in [2.75, 3.05) is 11.5 Å². The summed E-state index contributed by atoms with van der Waals surface area (Å²) in [6, 6.07) is 1.43. The van der Waals surface area contributed by atoms with E-state index < -0.39 is 5.82 Å². The number of rotatable bonds is 2. The van der Waals surface area contributed by atoms with Gasteiger partial charge in [0.05, 0.1) is 17.5 Å². The number of hydrogen-bond donors (Lipinski definition) is 2. The first-order chi connectivity index (χ1) is 7.59. The maximum absolute atomic E-state index is 13.8. The first-order valence-electron chi connectivity index (χ1n) is 5.29. The van der Waals surface area contributed by atoms with Crippen molar-refractivity contribution in [3.8, 4) is 5.75 Å². The van der Waals surface area contributed by atoms with Crippen LogP contribution in [-0.4, -0.2) is 6.10 Å². The maximum atomic E-state index is 13.8. The van der Waals surface area contributed by atoms with Crippen LogP contribution in [-0.2, 0) is 0 Å². The highest BCUT2D eigenvalue weighted by molar-refractivity contribution is 6.33. The van der Waals surface area contributed by atoms with Gasteiger partial charge in [0.25, 0.3) is 0 Å². The zero-order valence-corrected chi connectivity index (χ0v) is 9.56. The normalized spacial score (nSPS) is 16.6. The predicted octanol–water partition coefficient (Wildman–Crippen LogP) is 2.96. The fourth-order valence-electron chi connectivity index (χ4n) is 1.94. The SMILES string of the molecule is Nc1cc(N)c(OC2CCCC2)c(F)c1Cl. The summed E-state index contributed by atoms with van der Waals surface area (Å²) in [5.74, 6) is -0.628. The number of anilines is 2. The highest BCUT2D eigenvalue weighted by atomic mass is 35.5. The number of ether oxygens (including phenoxy) is 1. The lowest BCUT2D eigenvalue weighted by molar-refractivity contribution is 0.202. The van der Waals surface area contributed by atoms with Crippen LogP contribution < -0.4 is 16.2 Å². The van der Waals surface area contributed by atoms with Crippen LogP contribution in [0.15, 0.2) is 6.07 Å². The van der Waals surface area contributed by atoms with Crippen LogP contribution in [0, 0.1) is 5.82 Å². The first kappa shape index (κ1) is 11.3. The van der Waals surface area contributed by atoms with Crippen molar-refractivity contribution >= 4 is 23.0 Å². The van der Waals surface area contributed by atoms with E-state index >= 15 is 0 Å². The van der Waals surface area contributed by atoms with Crippen molar-refractivity contribution in [1.29, 1.82) is 0 Å². The van der Waals surface area contributed by atoms with Crippen LogP contribution in [0.5, 0.6) is 5.75 Å². The summed E-state index contributed by atoms with van der Waals surface area (Å²) in [6.07, 6.45) is 4.11. The fourth-order valence-corrected chi connectivity index (χ4v) is 2.08.